The number of aromatic nitrogens is 1. The van der Waals surface area contributed by atoms with Gasteiger partial charge in [0.05, 0.1) is 12.6 Å². The zero-order valence-corrected chi connectivity index (χ0v) is 18.1. The van der Waals surface area contributed by atoms with E-state index in [-0.39, 0.29) is 36.1 Å². The fourth-order valence-corrected chi connectivity index (χ4v) is 6.36. The van der Waals surface area contributed by atoms with Gasteiger partial charge in [0.25, 0.3) is 5.91 Å². The van der Waals surface area contributed by atoms with E-state index in [1.54, 1.807) is 13.0 Å². The summed E-state index contributed by atoms with van der Waals surface area (Å²) in [6.45, 7) is 10.6. The highest BCUT2D eigenvalue weighted by Crippen LogP contribution is 2.50. The molecule has 8 nitrogen and oxygen atoms in total. The minimum Gasteiger partial charge on any atom is -0.396 e. The largest absolute Gasteiger partial charge is 0.396 e. The first-order valence-corrected chi connectivity index (χ1v) is 11.5. The van der Waals surface area contributed by atoms with Gasteiger partial charge in [-0.05, 0) is 45.8 Å². The lowest BCUT2D eigenvalue weighted by atomic mass is 9.83. The van der Waals surface area contributed by atoms with Crippen LogP contribution in [-0.4, -0.2) is 101 Å². The van der Waals surface area contributed by atoms with E-state index in [1.165, 1.54) is 25.8 Å². The predicted octanol–water partition coefficient (Wildman–Crippen LogP) is 0.991. The van der Waals surface area contributed by atoms with Crippen molar-refractivity contribution in [2.24, 2.45) is 11.8 Å². The number of morpholine rings is 1. The van der Waals surface area contributed by atoms with Gasteiger partial charge in [0.1, 0.15) is 11.4 Å². The topological polar surface area (TPSA) is 82.3 Å². The molecule has 0 saturated carbocycles. The number of fused-ring (bicyclic) bond motifs is 1. The quantitative estimate of drug-likeness (QED) is 0.764. The maximum absolute atomic E-state index is 13.1. The molecule has 166 valence electrons. The minimum absolute atomic E-state index is 0.0898. The van der Waals surface area contributed by atoms with Crippen LogP contribution in [0.5, 0.6) is 0 Å². The summed E-state index contributed by atoms with van der Waals surface area (Å²) in [4.78, 5) is 20.1. The van der Waals surface area contributed by atoms with Gasteiger partial charge in [0.15, 0.2) is 5.69 Å². The van der Waals surface area contributed by atoms with Crippen LogP contribution in [0.15, 0.2) is 10.6 Å². The van der Waals surface area contributed by atoms with Crippen LogP contribution < -0.4 is 0 Å². The Morgan fingerprint density at radius 2 is 2.10 bits per heavy atom. The smallest absolute Gasteiger partial charge is 0.276 e. The van der Waals surface area contributed by atoms with Crippen LogP contribution >= 0.6 is 0 Å². The second-order valence-corrected chi connectivity index (χ2v) is 9.68. The Hall–Kier alpha value is -1.48. The van der Waals surface area contributed by atoms with E-state index in [0.29, 0.717) is 30.6 Å². The number of amides is 1. The average molecular weight is 419 g/mol. The standard InChI is InChI=1S/C22H34N4O4/c1-3-6-24-7-4-16(5-8-24)25-10-18-17(12-27)20-11-26(14-22(18,13-25)29-20)21(28)19-9-15(2)30-23-19/h9,16-18,20,27H,3-8,10-14H2,1-2H3/t17-,18+,20+,22-/m0/s1. The maximum Gasteiger partial charge on any atom is 0.276 e. The van der Waals surface area contributed by atoms with E-state index in [1.807, 2.05) is 4.90 Å². The summed E-state index contributed by atoms with van der Waals surface area (Å²) < 4.78 is 11.7. The zero-order valence-electron chi connectivity index (χ0n) is 18.1. The highest BCUT2D eigenvalue weighted by atomic mass is 16.5. The summed E-state index contributed by atoms with van der Waals surface area (Å²) in [5.74, 6) is 0.911. The second kappa shape index (κ2) is 7.89. The number of likely N-dealkylation sites (tertiary alicyclic amines) is 3. The van der Waals surface area contributed by atoms with Gasteiger partial charge < -0.3 is 24.2 Å². The normalized spacial score (nSPS) is 35.2. The molecule has 30 heavy (non-hydrogen) atoms. The summed E-state index contributed by atoms with van der Waals surface area (Å²) in [5.41, 5.74) is -0.00821. The van der Waals surface area contributed by atoms with Crippen LogP contribution in [0.25, 0.3) is 0 Å². The number of carbonyl (C=O) groups excluding carboxylic acids is 1. The van der Waals surface area contributed by atoms with E-state index in [2.05, 4.69) is 21.9 Å². The van der Waals surface area contributed by atoms with Gasteiger partial charge in [-0.1, -0.05) is 12.1 Å². The highest BCUT2D eigenvalue weighted by Gasteiger charge is 2.63. The van der Waals surface area contributed by atoms with Gasteiger partial charge in [-0.3, -0.25) is 9.69 Å². The van der Waals surface area contributed by atoms with Crippen molar-refractivity contribution in [1.29, 1.82) is 0 Å². The SMILES string of the molecule is CCCN1CCC(N2C[C@@H]3[C@H](CO)[C@H]4CN(C(=O)c5cc(C)on5)C[C@]3(C2)O4)CC1. The predicted molar refractivity (Wildman–Crippen MR) is 110 cm³/mol. The molecule has 8 heteroatoms. The number of hydrogen-bond donors (Lipinski definition) is 1. The molecule has 4 atom stereocenters. The molecule has 5 heterocycles. The summed E-state index contributed by atoms with van der Waals surface area (Å²) >= 11 is 0. The zero-order chi connectivity index (χ0) is 20.9. The summed E-state index contributed by atoms with van der Waals surface area (Å²) in [6, 6.07) is 2.27. The van der Waals surface area contributed by atoms with Gasteiger partial charge >= 0.3 is 0 Å². The number of aryl methyl sites for hydroxylation is 1. The van der Waals surface area contributed by atoms with Crippen molar-refractivity contribution >= 4 is 5.91 Å². The fourth-order valence-electron chi connectivity index (χ4n) is 6.36. The third kappa shape index (κ3) is 3.38. The molecule has 0 aromatic carbocycles. The van der Waals surface area contributed by atoms with E-state index >= 15 is 0 Å². The first-order chi connectivity index (χ1) is 14.5. The Balaban J connectivity index is 1.31. The lowest BCUT2D eigenvalue weighted by Crippen LogP contribution is -2.56. The maximum atomic E-state index is 13.1. The van der Waals surface area contributed by atoms with Gasteiger partial charge in [-0.25, -0.2) is 0 Å². The van der Waals surface area contributed by atoms with Crippen molar-refractivity contribution in [2.45, 2.75) is 50.9 Å². The first-order valence-electron chi connectivity index (χ1n) is 11.5. The monoisotopic (exact) mass is 418 g/mol. The van der Waals surface area contributed by atoms with Crippen LogP contribution in [0.4, 0.5) is 0 Å². The first kappa shape index (κ1) is 20.4. The molecule has 1 amide bonds. The summed E-state index contributed by atoms with van der Waals surface area (Å²) in [6.07, 6.45) is 3.49. The number of nitrogens with zero attached hydrogens (tertiary/aromatic N) is 4. The molecule has 1 spiro atoms. The summed E-state index contributed by atoms with van der Waals surface area (Å²) in [5, 5.41) is 14.1. The van der Waals surface area contributed by atoms with Crippen molar-refractivity contribution in [1.82, 2.24) is 19.9 Å². The molecule has 4 fully saturated rings. The van der Waals surface area contributed by atoms with Crippen LogP contribution in [0.3, 0.4) is 0 Å². The van der Waals surface area contributed by atoms with Gasteiger partial charge in [0.2, 0.25) is 0 Å². The number of hydrogen-bond acceptors (Lipinski definition) is 7. The van der Waals surface area contributed by atoms with Crippen LogP contribution in [0, 0.1) is 18.8 Å². The number of aliphatic hydroxyl groups excluding tert-OH is 1. The Morgan fingerprint density at radius 1 is 1.30 bits per heavy atom. The Labute approximate surface area is 178 Å². The van der Waals surface area contributed by atoms with E-state index in [9.17, 15) is 9.90 Å². The lowest BCUT2D eigenvalue weighted by Gasteiger charge is -2.42. The number of rotatable bonds is 5. The van der Waals surface area contributed by atoms with Crippen molar-refractivity contribution < 1.29 is 19.2 Å². The molecular formula is C22H34N4O4. The van der Waals surface area contributed by atoms with Crippen molar-refractivity contribution in [3.63, 3.8) is 0 Å². The number of aliphatic hydroxyl groups is 1. The Bertz CT molecular complexity index is 777. The molecule has 2 bridgehead atoms. The van der Waals surface area contributed by atoms with E-state index in [4.69, 9.17) is 9.26 Å². The van der Waals surface area contributed by atoms with Gasteiger partial charge in [0, 0.05) is 50.2 Å². The molecule has 5 rings (SSSR count). The van der Waals surface area contributed by atoms with Crippen LogP contribution in [-0.2, 0) is 4.74 Å². The lowest BCUT2D eigenvalue weighted by molar-refractivity contribution is -0.110. The van der Waals surface area contributed by atoms with Gasteiger partial charge in [-0.15, -0.1) is 0 Å². The average Bonchev–Trinajstić information content (AvgIpc) is 3.38. The fraction of sp³-hybridized carbons (Fsp3) is 0.818. The number of carbonyl (C=O) groups is 1. The second-order valence-electron chi connectivity index (χ2n) is 9.68. The molecular weight excluding hydrogens is 384 g/mol. The molecule has 1 aromatic heterocycles. The van der Waals surface area contributed by atoms with Crippen LogP contribution in [0.1, 0.15) is 42.4 Å². The highest BCUT2D eigenvalue weighted by molar-refractivity contribution is 5.92. The van der Waals surface area contributed by atoms with Gasteiger partial charge in [-0.2, -0.15) is 0 Å². The van der Waals surface area contributed by atoms with Crippen molar-refractivity contribution in [3.8, 4) is 0 Å². The van der Waals surface area contributed by atoms with Crippen molar-refractivity contribution in [3.05, 3.63) is 17.5 Å². The van der Waals surface area contributed by atoms with E-state index < -0.39 is 0 Å². The Morgan fingerprint density at radius 3 is 2.77 bits per heavy atom. The molecule has 1 N–H and O–H groups in total. The number of ether oxygens (including phenoxy) is 1. The molecule has 4 aliphatic rings. The number of piperidine rings is 1. The van der Waals surface area contributed by atoms with Crippen molar-refractivity contribution in [2.75, 3.05) is 52.4 Å². The molecule has 4 saturated heterocycles. The molecule has 1 aromatic rings. The Kier molecular flexibility index (Phi) is 5.37. The third-order valence-corrected chi connectivity index (χ3v) is 7.78. The molecule has 4 aliphatic heterocycles. The molecule has 0 radical (unpaired) electrons. The minimum atomic E-state index is -0.370. The van der Waals surface area contributed by atoms with E-state index in [0.717, 1.165) is 26.2 Å². The molecule has 0 unspecified atom stereocenters. The molecule has 0 aliphatic carbocycles. The van der Waals surface area contributed by atoms with Crippen LogP contribution in [0.2, 0.25) is 0 Å². The third-order valence-electron chi connectivity index (χ3n) is 7.78. The summed E-state index contributed by atoms with van der Waals surface area (Å²) in [7, 11) is 0.